The molecule has 0 aromatic heterocycles. The average molecular weight is 255 g/mol. The Morgan fingerprint density at radius 2 is 1.78 bits per heavy atom. The second-order valence-corrected chi connectivity index (χ2v) is 5.89. The van der Waals surface area contributed by atoms with E-state index in [2.05, 4.69) is 12.2 Å². The zero-order valence-corrected chi connectivity index (χ0v) is 11.6. The van der Waals surface area contributed by atoms with E-state index in [0.29, 0.717) is 0 Å². The molecule has 0 saturated heterocycles. The van der Waals surface area contributed by atoms with Crippen molar-refractivity contribution in [2.24, 2.45) is 23.7 Å². The molecule has 0 aromatic carbocycles. The van der Waals surface area contributed by atoms with Gasteiger partial charge in [-0.3, -0.25) is 9.59 Å². The van der Waals surface area contributed by atoms with E-state index >= 15 is 0 Å². The normalized spacial score (nSPS) is 25.8. The van der Waals surface area contributed by atoms with Crippen LogP contribution in [0.25, 0.3) is 0 Å². The number of carbonyl (C=O) groups is 2. The highest BCUT2D eigenvalue weighted by molar-refractivity contribution is 5.79. The molecular formula is C14H25NO3. The summed E-state index contributed by atoms with van der Waals surface area (Å²) in [5.41, 5.74) is 0. The van der Waals surface area contributed by atoms with E-state index in [0.717, 1.165) is 31.6 Å². The Balaban J connectivity index is 2.38. The minimum Gasteiger partial charge on any atom is -0.481 e. The summed E-state index contributed by atoms with van der Waals surface area (Å²) in [5, 5.41) is 11.9. The molecule has 1 rings (SSSR count). The molecule has 4 nitrogen and oxygen atoms in total. The smallest absolute Gasteiger partial charge is 0.308 e. The SMILES string of the molecule is CC1CCC(C(=O)NCC(C(=O)O)C(C)C)CC1. The fourth-order valence-corrected chi connectivity index (χ4v) is 2.49. The van der Waals surface area contributed by atoms with Gasteiger partial charge < -0.3 is 10.4 Å². The Hall–Kier alpha value is -1.06. The summed E-state index contributed by atoms with van der Waals surface area (Å²) in [6.45, 7) is 6.20. The van der Waals surface area contributed by atoms with Gasteiger partial charge in [-0.1, -0.05) is 20.8 Å². The van der Waals surface area contributed by atoms with Crippen molar-refractivity contribution in [3.05, 3.63) is 0 Å². The maximum absolute atomic E-state index is 12.0. The third-order valence-electron chi connectivity index (χ3n) is 4.00. The molecule has 0 aromatic rings. The van der Waals surface area contributed by atoms with Crippen LogP contribution in [-0.2, 0) is 9.59 Å². The molecule has 1 fully saturated rings. The average Bonchev–Trinajstić information content (AvgIpc) is 2.28. The molecule has 1 saturated carbocycles. The molecule has 2 N–H and O–H groups in total. The molecule has 1 unspecified atom stereocenters. The first kappa shape index (κ1) is 15.0. The van der Waals surface area contributed by atoms with Gasteiger partial charge >= 0.3 is 5.97 Å². The van der Waals surface area contributed by atoms with Gasteiger partial charge in [-0.25, -0.2) is 0 Å². The van der Waals surface area contributed by atoms with Gasteiger partial charge in [0.25, 0.3) is 0 Å². The van der Waals surface area contributed by atoms with E-state index in [9.17, 15) is 9.59 Å². The van der Waals surface area contributed by atoms with Gasteiger partial charge in [-0.05, 0) is 37.5 Å². The van der Waals surface area contributed by atoms with Gasteiger partial charge in [0.2, 0.25) is 5.91 Å². The molecule has 18 heavy (non-hydrogen) atoms. The van der Waals surface area contributed by atoms with E-state index < -0.39 is 11.9 Å². The first-order valence-corrected chi connectivity index (χ1v) is 6.92. The lowest BCUT2D eigenvalue weighted by Crippen LogP contribution is -2.39. The highest BCUT2D eigenvalue weighted by Crippen LogP contribution is 2.28. The third kappa shape index (κ3) is 4.31. The largest absolute Gasteiger partial charge is 0.481 e. The van der Waals surface area contributed by atoms with Crippen LogP contribution < -0.4 is 5.32 Å². The number of nitrogens with one attached hydrogen (secondary N) is 1. The summed E-state index contributed by atoms with van der Waals surface area (Å²) in [5.74, 6) is -0.443. The Morgan fingerprint density at radius 1 is 1.22 bits per heavy atom. The zero-order valence-electron chi connectivity index (χ0n) is 11.6. The summed E-state index contributed by atoms with van der Waals surface area (Å²) >= 11 is 0. The predicted octanol–water partition coefficient (Wildman–Crippen LogP) is 2.29. The highest BCUT2D eigenvalue weighted by atomic mass is 16.4. The summed E-state index contributed by atoms with van der Waals surface area (Å²) in [4.78, 5) is 23.0. The molecule has 0 radical (unpaired) electrons. The minimum atomic E-state index is -0.831. The number of amides is 1. The van der Waals surface area contributed by atoms with Gasteiger partial charge in [0.15, 0.2) is 0 Å². The van der Waals surface area contributed by atoms with Crippen molar-refractivity contribution in [1.82, 2.24) is 5.32 Å². The van der Waals surface area contributed by atoms with Crippen LogP contribution in [0.5, 0.6) is 0 Å². The molecule has 1 aliphatic rings. The fourth-order valence-electron chi connectivity index (χ4n) is 2.49. The van der Waals surface area contributed by atoms with Crippen LogP contribution in [0.2, 0.25) is 0 Å². The molecule has 1 aliphatic carbocycles. The quantitative estimate of drug-likeness (QED) is 0.792. The predicted molar refractivity (Wildman–Crippen MR) is 70.1 cm³/mol. The highest BCUT2D eigenvalue weighted by Gasteiger charge is 2.26. The van der Waals surface area contributed by atoms with Crippen molar-refractivity contribution < 1.29 is 14.7 Å². The van der Waals surface area contributed by atoms with Crippen molar-refractivity contribution in [1.29, 1.82) is 0 Å². The molecule has 1 amide bonds. The third-order valence-corrected chi connectivity index (χ3v) is 4.00. The van der Waals surface area contributed by atoms with Crippen molar-refractivity contribution >= 4 is 11.9 Å². The van der Waals surface area contributed by atoms with Crippen LogP contribution in [0.3, 0.4) is 0 Å². The van der Waals surface area contributed by atoms with E-state index in [4.69, 9.17) is 5.11 Å². The van der Waals surface area contributed by atoms with Crippen LogP contribution in [-0.4, -0.2) is 23.5 Å². The summed E-state index contributed by atoms with van der Waals surface area (Å²) in [6.07, 6.45) is 4.08. The number of carbonyl (C=O) groups excluding carboxylic acids is 1. The van der Waals surface area contributed by atoms with Crippen molar-refractivity contribution in [3.8, 4) is 0 Å². The van der Waals surface area contributed by atoms with Gasteiger partial charge in [-0.15, -0.1) is 0 Å². The lowest BCUT2D eigenvalue weighted by Gasteiger charge is -2.26. The first-order chi connectivity index (χ1) is 8.41. The Labute approximate surface area is 109 Å². The minimum absolute atomic E-state index is 0.0359. The molecule has 4 heteroatoms. The molecule has 0 spiro atoms. The number of carboxylic acids is 1. The summed E-state index contributed by atoms with van der Waals surface area (Å²) < 4.78 is 0. The van der Waals surface area contributed by atoms with Crippen molar-refractivity contribution in [2.75, 3.05) is 6.54 Å². The second-order valence-electron chi connectivity index (χ2n) is 5.89. The fraction of sp³-hybridized carbons (Fsp3) is 0.857. The zero-order chi connectivity index (χ0) is 13.7. The Morgan fingerprint density at radius 3 is 2.22 bits per heavy atom. The van der Waals surface area contributed by atoms with Crippen molar-refractivity contribution in [2.45, 2.75) is 46.5 Å². The molecule has 0 heterocycles. The molecule has 1 atom stereocenters. The lowest BCUT2D eigenvalue weighted by molar-refractivity contribution is -0.143. The van der Waals surface area contributed by atoms with E-state index in [1.54, 1.807) is 0 Å². The van der Waals surface area contributed by atoms with Crippen LogP contribution in [0.15, 0.2) is 0 Å². The van der Waals surface area contributed by atoms with Gasteiger partial charge in [0.05, 0.1) is 5.92 Å². The van der Waals surface area contributed by atoms with Gasteiger partial charge in [0.1, 0.15) is 0 Å². The topological polar surface area (TPSA) is 66.4 Å². The van der Waals surface area contributed by atoms with E-state index in [1.165, 1.54) is 0 Å². The van der Waals surface area contributed by atoms with Crippen LogP contribution in [0.1, 0.15) is 46.5 Å². The summed E-state index contributed by atoms with van der Waals surface area (Å²) in [7, 11) is 0. The van der Waals surface area contributed by atoms with E-state index in [1.807, 2.05) is 13.8 Å². The maximum Gasteiger partial charge on any atom is 0.308 e. The first-order valence-electron chi connectivity index (χ1n) is 6.92. The number of aliphatic carboxylic acids is 1. The standard InChI is InChI=1S/C14H25NO3/c1-9(2)12(14(17)18)8-15-13(16)11-6-4-10(3)5-7-11/h9-12H,4-8H2,1-3H3,(H,15,16)(H,17,18). The molecular weight excluding hydrogens is 230 g/mol. The van der Waals surface area contributed by atoms with Crippen LogP contribution in [0.4, 0.5) is 0 Å². The van der Waals surface area contributed by atoms with Gasteiger partial charge in [0, 0.05) is 12.5 Å². The summed E-state index contributed by atoms with van der Waals surface area (Å²) in [6, 6.07) is 0. The second kappa shape index (κ2) is 6.76. The lowest BCUT2D eigenvalue weighted by atomic mass is 9.82. The van der Waals surface area contributed by atoms with E-state index in [-0.39, 0.29) is 24.3 Å². The monoisotopic (exact) mass is 255 g/mol. The number of rotatable bonds is 5. The van der Waals surface area contributed by atoms with Crippen LogP contribution in [0, 0.1) is 23.7 Å². The van der Waals surface area contributed by atoms with Crippen LogP contribution >= 0.6 is 0 Å². The molecule has 0 aliphatic heterocycles. The van der Waals surface area contributed by atoms with Gasteiger partial charge in [-0.2, -0.15) is 0 Å². The molecule has 0 bridgehead atoms. The number of carboxylic acid groups (broad SMARTS) is 1. The Bertz CT molecular complexity index is 293. The van der Waals surface area contributed by atoms with Crippen molar-refractivity contribution in [3.63, 3.8) is 0 Å². The molecule has 104 valence electrons. The Kier molecular flexibility index (Phi) is 5.63. The number of hydrogen-bond acceptors (Lipinski definition) is 2. The number of hydrogen-bond donors (Lipinski definition) is 2. The maximum atomic E-state index is 12.0.